The topological polar surface area (TPSA) is 59.8 Å². The van der Waals surface area contributed by atoms with Crippen LogP contribution in [0.1, 0.15) is 10.5 Å². The second kappa shape index (κ2) is 5.49. The molecule has 6 heteroatoms. The SMILES string of the molecule is O=C(NCCS)c1cccc(-n2ccnc2)n1. The van der Waals surface area contributed by atoms with Gasteiger partial charge in [0.2, 0.25) is 0 Å². The van der Waals surface area contributed by atoms with Crippen LogP contribution in [0.15, 0.2) is 36.9 Å². The monoisotopic (exact) mass is 248 g/mol. The van der Waals surface area contributed by atoms with Gasteiger partial charge in [0.05, 0.1) is 0 Å². The van der Waals surface area contributed by atoms with Gasteiger partial charge in [0.15, 0.2) is 0 Å². The number of nitrogens with zero attached hydrogens (tertiary/aromatic N) is 3. The average molecular weight is 248 g/mol. The number of carbonyl (C=O) groups excluding carboxylic acids is 1. The molecule has 1 amide bonds. The summed E-state index contributed by atoms with van der Waals surface area (Å²) in [6, 6.07) is 5.28. The van der Waals surface area contributed by atoms with Crippen LogP contribution in [0.25, 0.3) is 5.82 Å². The number of pyridine rings is 1. The summed E-state index contributed by atoms with van der Waals surface area (Å²) in [6.45, 7) is 0.527. The number of amides is 1. The minimum absolute atomic E-state index is 0.194. The van der Waals surface area contributed by atoms with Gasteiger partial charge >= 0.3 is 0 Å². The minimum Gasteiger partial charge on any atom is -0.350 e. The molecule has 5 nitrogen and oxygen atoms in total. The Hall–Kier alpha value is -1.82. The molecule has 0 aliphatic carbocycles. The lowest BCUT2D eigenvalue weighted by molar-refractivity contribution is 0.0951. The van der Waals surface area contributed by atoms with Crippen LogP contribution in [0.2, 0.25) is 0 Å². The zero-order chi connectivity index (χ0) is 12.1. The van der Waals surface area contributed by atoms with Crippen LogP contribution in [0.4, 0.5) is 0 Å². The molecule has 0 spiro atoms. The molecule has 0 aromatic carbocycles. The van der Waals surface area contributed by atoms with Crippen molar-refractivity contribution in [3.63, 3.8) is 0 Å². The molecule has 0 saturated heterocycles. The molecule has 0 aliphatic rings. The van der Waals surface area contributed by atoms with Gasteiger partial charge in [-0.05, 0) is 12.1 Å². The van der Waals surface area contributed by atoms with Crippen molar-refractivity contribution in [1.82, 2.24) is 19.9 Å². The molecule has 0 radical (unpaired) electrons. The van der Waals surface area contributed by atoms with Gasteiger partial charge < -0.3 is 5.32 Å². The van der Waals surface area contributed by atoms with Gasteiger partial charge in [-0.15, -0.1) is 0 Å². The van der Waals surface area contributed by atoms with Gasteiger partial charge in [0.1, 0.15) is 17.8 Å². The van der Waals surface area contributed by atoms with E-state index in [0.717, 1.165) is 0 Å². The average Bonchev–Trinajstić information content (AvgIpc) is 2.90. The third kappa shape index (κ3) is 2.85. The highest BCUT2D eigenvalue weighted by Crippen LogP contribution is 2.05. The van der Waals surface area contributed by atoms with E-state index in [4.69, 9.17) is 0 Å². The van der Waals surface area contributed by atoms with E-state index in [1.807, 2.05) is 6.07 Å². The molecule has 0 aliphatic heterocycles. The van der Waals surface area contributed by atoms with Gasteiger partial charge in [-0.25, -0.2) is 9.97 Å². The first-order valence-electron chi connectivity index (χ1n) is 5.15. The van der Waals surface area contributed by atoms with E-state index in [2.05, 4.69) is 27.9 Å². The minimum atomic E-state index is -0.194. The lowest BCUT2D eigenvalue weighted by Gasteiger charge is -2.05. The first-order valence-corrected chi connectivity index (χ1v) is 5.79. The lowest BCUT2D eigenvalue weighted by Crippen LogP contribution is -2.26. The molecule has 0 fully saturated rings. The van der Waals surface area contributed by atoms with Crippen molar-refractivity contribution in [1.29, 1.82) is 0 Å². The summed E-state index contributed by atoms with van der Waals surface area (Å²) in [6.07, 6.45) is 5.07. The lowest BCUT2D eigenvalue weighted by atomic mass is 10.3. The Morgan fingerprint density at radius 2 is 2.35 bits per heavy atom. The van der Waals surface area contributed by atoms with Crippen LogP contribution in [0, 0.1) is 0 Å². The van der Waals surface area contributed by atoms with Crippen molar-refractivity contribution in [3.05, 3.63) is 42.6 Å². The number of carbonyl (C=O) groups is 1. The molecular weight excluding hydrogens is 236 g/mol. The van der Waals surface area contributed by atoms with Crippen molar-refractivity contribution >= 4 is 18.5 Å². The van der Waals surface area contributed by atoms with Gasteiger partial charge in [0, 0.05) is 24.7 Å². The molecule has 17 heavy (non-hydrogen) atoms. The summed E-state index contributed by atoms with van der Waals surface area (Å²) in [7, 11) is 0. The summed E-state index contributed by atoms with van der Waals surface area (Å²) < 4.78 is 1.75. The first kappa shape index (κ1) is 11.7. The summed E-state index contributed by atoms with van der Waals surface area (Å²) in [4.78, 5) is 19.9. The number of hydrogen-bond acceptors (Lipinski definition) is 4. The summed E-state index contributed by atoms with van der Waals surface area (Å²) in [5, 5.41) is 2.72. The Morgan fingerprint density at radius 3 is 3.06 bits per heavy atom. The van der Waals surface area contributed by atoms with Gasteiger partial charge in [-0.3, -0.25) is 9.36 Å². The van der Waals surface area contributed by atoms with E-state index in [-0.39, 0.29) is 5.91 Å². The van der Waals surface area contributed by atoms with Gasteiger partial charge in [0.25, 0.3) is 5.91 Å². The molecule has 0 saturated carbocycles. The maximum atomic E-state index is 11.7. The summed E-state index contributed by atoms with van der Waals surface area (Å²) in [5.74, 6) is 1.08. The highest BCUT2D eigenvalue weighted by atomic mass is 32.1. The largest absolute Gasteiger partial charge is 0.350 e. The van der Waals surface area contributed by atoms with Crippen molar-refractivity contribution in [2.45, 2.75) is 0 Å². The van der Waals surface area contributed by atoms with Crippen LogP contribution in [-0.2, 0) is 0 Å². The Bertz CT molecular complexity index is 498. The van der Waals surface area contributed by atoms with Crippen molar-refractivity contribution < 1.29 is 4.79 Å². The van der Waals surface area contributed by atoms with Crippen LogP contribution in [0.5, 0.6) is 0 Å². The van der Waals surface area contributed by atoms with Crippen LogP contribution >= 0.6 is 12.6 Å². The predicted octanol–water partition coefficient (Wildman–Crippen LogP) is 0.927. The van der Waals surface area contributed by atoms with Crippen LogP contribution in [0.3, 0.4) is 0 Å². The van der Waals surface area contributed by atoms with E-state index in [0.29, 0.717) is 23.8 Å². The third-order valence-corrected chi connectivity index (χ3v) is 2.36. The van der Waals surface area contributed by atoms with Crippen molar-refractivity contribution in [3.8, 4) is 5.82 Å². The number of nitrogens with one attached hydrogen (secondary N) is 1. The molecular formula is C11H12N4OS. The first-order chi connectivity index (χ1) is 8.31. The highest BCUT2D eigenvalue weighted by molar-refractivity contribution is 7.80. The van der Waals surface area contributed by atoms with E-state index in [1.165, 1.54) is 0 Å². The van der Waals surface area contributed by atoms with Gasteiger partial charge in [-0.1, -0.05) is 6.07 Å². The number of imidazole rings is 1. The van der Waals surface area contributed by atoms with E-state index < -0.39 is 0 Å². The van der Waals surface area contributed by atoms with E-state index >= 15 is 0 Å². The highest BCUT2D eigenvalue weighted by Gasteiger charge is 2.07. The fraction of sp³-hybridized carbons (Fsp3) is 0.182. The predicted molar refractivity (Wildman–Crippen MR) is 67.5 cm³/mol. The second-order valence-electron chi connectivity index (χ2n) is 3.33. The zero-order valence-electron chi connectivity index (χ0n) is 9.08. The third-order valence-electron chi connectivity index (χ3n) is 2.13. The zero-order valence-corrected chi connectivity index (χ0v) is 9.97. The molecule has 1 N–H and O–H groups in total. The normalized spacial score (nSPS) is 10.2. The summed E-state index contributed by atoms with van der Waals surface area (Å²) >= 11 is 4.03. The van der Waals surface area contributed by atoms with E-state index in [1.54, 1.807) is 35.4 Å². The smallest absolute Gasteiger partial charge is 0.269 e. The molecule has 0 atom stereocenters. The molecule has 2 heterocycles. The standard InChI is InChI=1S/C11H12N4OS/c16-11(13-5-7-17)9-2-1-3-10(14-9)15-6-4-12-8-15/h1-4,6,8,17H,5,7H2,(H,13,16). The molecule has 0 unspecified atom stereocenters. The fourth-order valence-corrected chi connectivity index (χ4v) is 1.46. The second-order valence-corrected chi connectivity index (χ2v) is 3.78. The Morgan fingerprint density at radius 1 is 1.47 bits per heavy atom. The molecule has 0 bridgehead atoms. The molecule has 2 aromatic rings. The van der Waals surface area contributed by atoms with E-state index in [9.17, 15) is 4.79 Å². The van der Waals surface area contributed by atoms with Crippen molar-refractivity contribution in [2.24, 2.45) is 0 Å². The number of rotatable bonds is 4. The molecule has 2 aromatic heterocycles. The Labute approximate surface area is 104 Å². The fourth-order valence-electron chi connectivity index (χ4n) is 1.35. The van der Waals surface area contributed by atoms with Gasteiger partial charge in [-0.2, -0.15) is 12.6 Å². The maximum absolute atomic E-state index is 11.7. The van der Waals surface area contributed by atoms with Crippen molar-refractivity contribution in [2.75, 3.05) is 12.3 Å². The number of aromatic nitrogens is 3. The number of hydrogen-bond donors (Lipinski definition) is 2. The Balaban J connectivity index is 2.20. The number of thiol groups is 1. The maximum Gasteiger partial charge on any atom is 0.269 e. The van der Waals surface area contributed by atoms with Crippen LogP contribution < -0.4 is 5.32 Å². The van der Waals surface area contributed by atoms with Crippen LogP contribution in [-0.4, -0.2) is 32.7 Å². The Kier molecular flexibility index (Phi) is 3.77. The quantitative estimate of drug-likeness (QED) is 0.791. The molecule has 88 valence electrons. The summed E-state index contributed by atoms with van der Waals surface area (Å²) in [5.41, 5.74) is 0.387. The molecule has 2 rings (SSSR count).